The molecule has 0 aliphatic carbocycles. The van der Waals surface area contributed by atoms with Crippen LogP contribution in [-0.4, -0.2) is 49.9 Å². The first-order chi connectivity index (χ1) is 10.1. The second kappa shape index (κ2) is 5.57. The monoisotopic (exact) mass is 291 g/mol. The summed E-state index contributed by atoms with van der Waals surface area (Å²) in [7, 11) is 1.80. The van der Waals surface area contributed by atoms with E-state index >= 15 is 0 Å². The number of aryl methyl sites for hydroxylation is 1. The number of aromatic amines is 1. The Hall–Kier alpha value is -1.73. The SMILES string of the molecule is CC[C@H]1CO[C@@H](C)CN1Cc1nc2c(cnn2C)c(=O)[nH]1. The van der Waals surface area contributed by atoms with Gasteiger partial charge in [-0.1, -0.05) is 6.92 Å². The summed E-state index contributed by atoms with van der Waals surface area (Å²) in [6.45, 7) is 6.43. The van der Waals surface area contributed by atoms with Crippen LogP contribution in [0.5, 0.6) is 0 Å². The van der Waals surface area contributed by atoms with Gasteiger partial charge in [-0.25, -0.2) is 4.98 Å². The van der Waals surface area contributed by atoms with E-state index in [4.69, 9.17) is 4.74 Å². The number of fused-ring (bicyclic) bond motifs is 1. The summed E-state index contributed by atoms with van der Waals surface area (Å²) in [5, 5.41) is 4.62. The third-order valence-electron chi connectivity index (χ3n) is 4.06. The van der Waals surface area contributed by atoms with Gasteiger partial charge in [-0.3, -0.25) is 14.4 Å². The minimum absolute atomic E-state index is 0.127. The van der Waals surface area contributed by atoms with E-state index in [-0.39, 0.29) is 11.7 Å². The largest absolute Gasteiger partial charge is 0.376 e. The Kier molecular flexibility index (Phi) is 3.77. The highest BCUT2D eigenvalue weighted by atomic mass is 16.5. The smallest absolute Gasteiger partial charge is 0.262 e. The van der Waals surface area contributed by atoms with Crippen LogP contribution in [0.4, 0.5) is 0 Å². The average molecular weight is 291 g/mol. The van der Waals surface area contributed by atoms with Crippen LogP contribution in [0, 0.1) is 0 Å². The molecule has 3 heterocycles. The quantitative estimate of drug-likeness (QED) is 0.899. The second-order valence-electron chi connectivity index (χ2n) is 5.65. The summed E-state index contributed by atoms with van der Waals surface area (Å²) >= 11 is 0. The lowest BCUT2D eigenvalue weighted by molar-refractivity contribution is -0.0600. The number of nitrogens with one attached hydrogen (secondary N) is 1. The predicted molar refractivity (Wildman–Crippen MR) is 79.0 cm³/mol. The topological polar surface area (TPSA) is 76.0 Å². The molecule has 0 aromatic carbocycles. The molecule has 7 heteroatoms. The van der Waals surface area contributed by atoms with Crippen molar-refractivity contribution in [2.45, 2.75) is 39.0 Å². The number of nitrogens with zero attached hydrogens (tertiary/aromatic N) is 4. The Bertz CT molecular complexity index is 692. The first-order valence-electron chi connectivity index (χ1n) is 7.35. The van der Waals surface area contributed by atoms with Crippen molar-refractivity contribution in [3.63, 3.8) is 0 Å². The fourth-order valence-electron chi connectivity index (χ4n) is 2.83. The van der Waals surface area contributed by atoms with Crippen molar-refractivity contribution in [3.05, 3.63) is 22.4 Å². The van der Waals surface area contributed by atoms with Crippen molar-refractivity contribution in [1.29, 1.82) is 0 Å². The average Bonchev–Trinajstić information content (AvgIpc) is 2.81. The molecule has 21 heavy (non-hydrogen) atoms. The van der Waals surface area contributed by atoms with Gasteiger partial charge >= 0.3 is 0 Å². The Morgan fingerprint density at radius 2 is 2.33 bits per heavy atom. The summed E-state index contributed by atoms with van der Waals surface area (Å²) in [4.78, 5) is 21.8. The molecule has 1 saturated heterocycles. The van der Waals surface area contributed by atoms with Crippen LogP contribution in [0.25, 0.3) is 11.0 Å². The molecule has 2 aromatic heterocycles. The molecule has 0 radical (unpaired) electrons. The zero-order valence-electron chi connectivity index (χ0n) is 12.7. The van der Waals surface area contributed by atoms with Crippen molar-refractivity contribution in [2.24, 2.45) is 7.05 Å². The normalized spacial score (nSPS) is 23.8. The van der Waals surface area contributed by atoms with Crippen LogP contribution in [-0.2, 0) is 18.3 Å². The molecule has 0 saturated carbocycles. The molecular formula is C14H21N5O2. The Labute approximate surface area is 122 Å². The molecule has 3 rings (SSSR count). The van der Waals surface area contributed by atoms with Gasteiger partial charge in [0.25, 0.3) is 5.56 Å². The van der Waals surface area contributed by atoms with Crippen molar-refractivity contribution in [2.75, 3.05) is 13.2 Å². The number of aromatic nitrogens is 4. The van der Waals surface area contributed by atoms with Crippen LogP contribution in [0.3, 0.4) is 0 Å². The van der Waals surface area contributed by atoms with Gasteiger partial charge < -0.3 is 9.72 Å². The summed E-state index contributed by atoms with van der Waals surface area (Å²) < 4.78 is 7.33. The maximum atomic E-state index is 12.1. The van der Waals surface area contributed by atoms with E-state index < -0.39 is 0 Å². The fourth-order valence-corrected chi connectivity index (χ4v) is 2.83. The lowest BCUT2D eigenvalue weighted by Gasteiger charge is -2.37. The number of H-pyrrole nitrogens is 1. The van der Waals surface area contributed by atoms with Gasteiger partial charge in [-0.15, -0.1) is 0 Å². The number of hydrogen-bond acceptors (Lipinski definition) is 5. The third kappa shape index (κ3) is 2.71. The van der Waals surface area contributed by atoms with Crippen molar-refractivity contribution in [3.8, 4) is 0 Å². The van der Waals surface area contributed by atoms with Crippen LogP contribution in [0.1, 0.15) is 26.1 Å². The van der Waals surface area contributed by atoms with Gasteiger partial charge in [0.1, 0.15) is 11.2 Å². The Morgan fingerprint density at radius 1 is 1.52 bits per heavy atom. The third-order valence-corrected chi connectivity index (χ3v) is 4.06. The molecule has 114 valence electrons. The number of hydrogen-bond donors (Lipinski definition) is 1. The molecule has 1 fully saturated rings. The van der Waals surface area contributed by atoms with Crippen LogP contribution in [0.2, 0.25) is 0 Å². The van der Waals surface area contributed by atoms with E-state index in [1.54, 1.807) is 17.9 Å². The molecule has 0 bridgehead atoms. The van der Waals surface area contributed by atoms with Gasteiger partial charge in [0, 0.05) is 19.6 Å². The van der Waals surface area contributed by atoms with E-state index in [1.165, 1.54) is 0 Å². The summed E-state index contributed by atoms with van der Waals surface area (Å²) in [5.74, 6) is 0.684. The highest BCUT2D eigenvalue weighted by molar-refractivity contribution is 5.72. The number of rotatable bonds is 3. The lowest BCUT2D eigenvalue weighted by Crippen LogP contribution is -2.48. The van der Waals surface area contributed by atoms with E-state index in [0.717, 1.165) is 19.6 Å². The van der Waals surface area contributed by atoms with E-state index in [2.05, 4.69) is 33.8 Å². The van der Waals surface area contributed by atoms with Crippen LogP contribution < -0.4 is 5.56 Å². The summed E-state index contributed by atoms with van der Waals surface area (Å²) in [5.41, 5.74) is 0.501. The van der Waals surface area contributed by atoms with Gasteiger partial charge in [0.05, 0.1) is 25.5 Å². The fraction of sp³-hybridized carbons (Fsp3) is 0.643. The number of ether oxygens (including phenoxy) is 1. The van der Waals surface area contributed by atoms with Crippen LogP contribution in [0.15, 0.2) is 11.0 Å². The maximum absolute atomic E-state index is 12.1. The van der Waals surface area contributed by atoms with E-state index in [0.29, 0.717) is 29.4 Å². The first-order valence-corrected chi connectivity index (χ1v) is 7.35. The minimum Gasteiger partial charge on any atom is -0.376 e. The first kappa shape index (κ1) is 14.2. The van der Waals surface area contributed by atoms with E-state index in [9.17, 15) is 4.79 Å². The molecule has 1 aliphatic heterocycles. The molecule has 2 aromatic rings. The minimum atomic E-state index is -0.127. The molecular weight excluding hydrogens is 270 g/mol. The molecule has 2 atom stereocenters. The maximum Gasteiger partial charge on any atom is 0.262 e. The predicted octanol–water partition coefficient (Wildman–Crippen LogP) is 0.656. The van der Waals surface area contributed by atoms with Gasteiger partial charge in [-0.05, 0) is 13.3 Å². The van der Waals surface area contributed by atoms with Crippen molar-refractivity contribution in [1.82, 2.24) is 24.6 Å². The highest BCUT2D eigenvalue weighted by Crippen LogP contribution is 2.16. The van der Waals surface area contributed by atoms with Gasteiger partial charge in [-0.2, -0.15) is 5.10 Å². The van der Waals surface area contributed by atoms with Crippen molar-refractivity contribution < 1.29 is 4.74 Å². The summed E-state index contributed by atoms with van der Waals surface area (Å²) in [6.07, 6.45) is 2.78. The standard InChI is InChI=1S/C14H21N5O2/c1-4-10-8-21-9(2)6-19(10)7-12-16-13-11(14(20)17-12)5-15-18(13)3/h5,9-10H,4,6-8H2,1-3H3,(H,16,17,20)/t9-,10-/m0/s1. The van der Waals surface area contributed by atoms with Gasteiger partial charge in [0.2, 0.25) is 0 Å². The molecule has 0 spiro atoms. The van der Waals surface area contributed by atoms with Gasteiger partial charge in [0.15, 0.2) is 5.65 Å². The Morgan fingerprint density at radius 3 is 3.10 bits per heavy atom. The van der Waals surface area contributed by atoms with Crippen molar-refractivity contribution >= 4 is 11.0 Å². The summed E-state index contributed by atoms with van der Waals surface area (Å²) in [6, 6.07) is 0.369. The zero-order valence-corrected chi connectivity index (χ0v) is 12.7. The number of morpholine rings is 1. The lowest BCUT2D eigenvalue weighted by atomic mass is 10.1. The molecule has 0 unspecified atom stereocenters. The zero-order chi connectivity index (χ0) is 15.0. The van der Waals surface area contributed by atoms with E-state index in [1.807, 2.05) is 0 Å². The molecule has 7 nitrogen and oxygen atoms in total. The Balaban J connectivity index is 1.89. The second-order valence-corrected chi connectivity index (χ2v) is 5.65. The van der Waals surface area contributed by atoms with Crippen LogP contribution >= 0.6 is 0 Å². The highest BCUT2D eigenvalue weighted by Gasteiger charge is 2.26. The molecule has 1 N–H and O–H groups in total. The molecule has 0 amide bonds. The molecule has 1 aliphatic rings.